The summed E-state index contributed by atoms with van der Waals surface area (Å²) in [5.74, 6) is -0.259. The number of para-hydroxylation sites is 1. The van der Waals surface area contributed by atoms with Gasteiger partial charge in [0.2, 0.25) is 0 Å². The third kappa shape index (κ3) is 2.57. The molecule has 2 rings (SSSR count). The number of rotatable bonds is 3. The van der Waals surface area contributed by atoms with Crippen LogP contribution in [0.15, 0.2) is 42.5 Å². The highest BCUT2D eigenvalue weighted by molar-refractivity contribution is 6.31. The molecule has 2 aromatic rings. The standard InChI is InChI=1S/C14H14ClFN2/c1-18(14-8-3-2-6-12(14)16)9-10-11(15)5-4-7-13(10)17/h2-8H,9,17H2,1H3. The third-order valence-electron chi connectivity index (χ3n) is 2.81. The number of nitrogens with two attached hydrogens (primary N) is 1. The van der Waals surface area contributed by atoms with Gasteiger partial charge in [-0.05, 0) is 24.3 Å². The minimum Gasteiger partial charge on any atom is -0.398 e. The van der Waals surface area contributed by atoms with E-state index in [1.165, 1.54) is 6.07 Å². The lowest BCUT2D eigenvalue weighted by Gasteiger charge is -2.21. The van der Waals surface area contributed by atoms with Crippen molar-refractivity contribution in [2.75, 3.05) is 17.7 Å². The first-order valence-corrected chi connectivity index (χ1v) is 5.96. The summed E-state index contributed by atoms with van der Waals surface area (Å²) in [5.41, 5.74) is 7.83. The van der Waals surface area contributed by atoms with Crippen LogP contribution in [0.2, 0.25) is 5.02 Å². The van der Waals surface area contributed by atoms with Crippen LogP contribution in [0.1, 0.15) is 5.56 Å². The molecule has 18 heavy (non-hydrogen) atoms. The topological polar surface area (TPSA) is 29.3 Å². The molecule has 0 aliphatic heterocycles. The maximum absolute atomic E-state index is 13.6. The fourth-order valence-electron chi connectivity index (χ4n) is 1.83. The zero-order valence-electron chi connectivity index (χ0n) is 10.0. The van der Waals surface area contributed by atoms with Gasteiger partial charge in [0.1, 0.15) is 5.82 Å². The van der Waals surface area contributed by atoms with E-state index in [2.05, 4.69) is 0 Å². The lowest BCUT2D eigenvalue weighted by atomic mass is 10.1. The molecule has 2 aromatic carbocycles. The minimum absolute atomic E-state index is 0.259. The molecule has 0 aromatic heterocycles. The van der Waals surface area contributed by atoms with Gasteiger partial charge in [-0.3, -0.25) is 0 Å². The molecule has 0 bridgehead atoms. The molecule has 0 aliphatic rings. The van der Waals surface area contributed by atoms with Crippen LogP contribution in [0.4, 0.5) is 15.8 Å². The van der Waals surface area contributed by atoms with Crippen LogP contribution in [0.5, 0.6) is 0 Å². The van der Waals surface area contributed by atoms with Gasteiger partial charge in [0.05, 0.1) is 5.69 Å². The maximum atomic E-state index is 13.6. The first kappa shape index (κ1) is 12.7. The predicted octanol–water partition coefficient (Wildman–Crippen LogP) is 3.70. The average Bonchev–Trinajstić information content (AvgIpc) is 2.34. The van der Waals surface area contributed by atoms with Crippen LogP contribution in [0.25, 0.3) is 0 Å². The Morgan fingerprint density at radius 2 is 1.89 bits per heavy atom. The number of hydrogen-bond acceptors (Lipinski definition) is 2. The SMILES string of the molecule is CN(Cc1c(N)cccc1Cl)c1ccccc1F. The highest BCUT2D eigenvalue weighted by atomic mass is 35.5. The van der Waals surface area contributed by atoms with Crippen LogP contribution in [-0.4, -0.2) is 7.05 Å². The van der Waals surface area contributed by atoms with E-state index in [1.807, 2.05) is 0 Å². The molecule has 94 valence electrons. The summed E-state index contributed by atoms with van der Waals surface area (Å²) in [6.45, 7) is 0.465. The van der Waals surface area contributed by atoms with Gasteiger partial charge < -0.3 is 10.6 Å². The summed E-state index contributed by atoms with van der Waals surface area (Å²) in [7, 11) is 1.81. The monoisotopic (exact) mass is 264 g/mol. The second-order valence-electron chi connectivity index (χ2n) is 4.12. The van der Waals surface area contributed by atoms with E-state index in [4.69, 9.17) is 17.3 Å². The van der Waals surface area contributed by atoms with Crippen molar-refractivity contribution < 1.29 is 4.39 Å². The first-order valence-electron chi connectivity index (χ1n) is 5.58. The van der Waals surface area contributed by atoms with Gasteiger partial charge in [0, 0.05) is 29.9 Å². The predicted molar refractivity (Wildman–Crippen MR) is 74.4 cm³/mol. The summed E-state index contributed by atoms with van der Waals surface area (Å²) >= 11 is 6.10. The average molecular weight is 265 g/mol. The highest BCUT2D eigenvalue weighted by Crippen LogP contribution is 2.26. The van der Waals surface area contributed by atoms with E-state index < -0.39 is 0 Å². The summed E-state index contributed by atoms with van der Waals surface area (Å²) in [6.07, 6.45) is 0. The zero-order valence-corrected chi connectivity index (χ0v) is 10.8. The van der Waals surface area contributed by atoms with Crippen LogP contribution in [0.3, 0.4) is 0 Å². The summed E-state index contributed by atoms with van der Waals surface area (Å²) < 4.78 is 13.6. The summed E-state index contributed by atoms with van der Waals surface area (Å²) in [5, 5.41) is 0.596. The molecule has 4 heteroatoms. The molecule has 2 N–H and O–H groups in total. The van der Waals surface area contributed by atoms with Crippen LogP contribution < -0.4 is 10.6 Å². The number of benzene rings is 2. The van der Waals surface area contributed by atoms with E-state index in [-0.39, 0.29) is 5.82 Å². The van der Waals surface area contributed by atoms with Crippen molar-refractivity contribution in [3.05, 3.63) is 58.9 Å². The van der Waals surface area contributed by atoms with Gasteiger partial charge in [-0.2, -0.15) is 0 Å². The molecular formula is C14H14ClFN2. The second-order valence-corrected chi connectivity index (χ2v) is 4.52. The van der Waals surface area contributed by atoms with Crippen molar-refractivity contribution >= 4 is 23.0 Å². The lowest BCUT2D eigenvalue weighted by Crippen LogP contribution is -2.18. The Balaban J connectivity index is 2.27. The van der Waals surface area contributed by atoms with Crippen molar-refractivity contribution in [3.63, 3.8) is 0 Å². The van der Waals surface area contributed by atoms with E-state index in [0.717, 1.165) is 5.56 Å². The van der Waals surface area contributed by atoms with Gasteiger partial charge >= 0.3 is 0 Å². The Morgan fingerprint density at radius 3 is 2.56 bits per heavy atom. The molecule has 0 saturated carbocycles. The number of halogens is 2. The Labute approximate surface area is 111 Å². The van der Waals surface area contributed by atoms with E-state index >= 15 is 0 Å². The third-order valence-corrected chi connectivity index (χ3v) is 3.17. The van der Waals surface area contributed by atoms with Gasteiger partial charge in [0.25, 0.3) is 0 Å². The number of anilines is 2. The molecule has 0 saturated heterocycles. The fourth-order valence-corrected chi connectivity index (χ4v) is 2.07. The summed E-state index contributed by atoms with van der Waals surface area (Å²) in [4.78, 5) is 1.78. The molecule has 0 amide bonds. The minimum atomic E-state index is -0.259. The quantitative estimate of drug-likeness (QED) is 0.857. The number of hydrogen-bond donors (Lipinski definition) is 1. The molecule has 0 atom stereocenters. The van der Waals surface area contributed by atoms with Crippen LogP contribution >= 0.6 is 11.6 Å². The van der Waals surface area contributed by atoms with Crippen LogP contribution in [0, 0.1) is 5.82 Å². The smallest absolute Gasteiger partial charge is 0.146 e. The van der Waals surface area contributed by atoms with Gasteiger partial charge in [-0.1, -0.05) is 29.8 Å². The van der Waals surface area contributed by atoms with Crippen molar-refractivity contribution in [2.24, 2.45) is 0 Å². The Morgan fingerprint density at radius 1 is 1.17 bits per heavy atom. The zero-order chi connectivity index (χ0) is 13.1. The molecule has 0 heterocycles. The molecule has 0 fully saturated rings. The van der Waals surface area contributed by atoms with Gasteiger partial charge in [-0.25, -0.2) is 4.39 Å². The van der Waals surface area contributed by atoms with E-state index in [0.29, 0.717) is 22.9 Å². The van der Waals surface area contributed by atoms with Gasteiger partial charge in [0.15, 0.2) is 0 Å². The van der Waals surface area contributed by atoms with E-state index in [1.54, 1.807) is 48.3 Å². The lowest BCUT2D eigenvalue weighted by molar-refractivity contribution is 0.622. The molecule has 0 spiro atoms. The highest BCUT2D eigenvalue weighted by Gasteiger charge is 2.11. The molecule has 0 aliphatic carbocycles. The Kier molecular flexibility index (Phi) is 3.72. The second kappa shape index (κ2) is 5.27. The number of nitrogens with zero attached hydrogens (tertiary/aromatic N) is 1. The van der Waals surface area contributed by atoms with Crippen molar-refractivity contribution in [1.82, 2.24) is 0 Å². The number of nitrogen functional groups attached to an aromatic ring is 1. The van der Waals surface area contributed by atoms with Crippen LogP contribution in [-0.2, 0) is 6.54 Å². The molecule has 2 nitrogen and oxygen atoms in total. The molecular weight excluding hydrogens is 251 g/mol. The largest absolute Gasteiger partial charge is 0.398 e. The first-order chi connectivity index (χ1) is 8.59. The Bertz CT molecular complexity index is 537. The fraction of sp³-hybridized carbons (Fsp3) is 0.143. The van der Waals surface area contributed by atoms with Gasteiger partial charge in [-0.15, -0.1) is 0 Å². The Hall–Kier alpha value is -1.74. The normalized spacial score (nSPS) is 10.4. The van der Waals surface area contributed by atoms with Crippen molar-refractivity contribution in [1.29, 1.82) is 0 Å². The molecule has 0 radical (unpaired) electrons. The van der Waals surface area contributed by atoms with Crippen molar-refractivity contribution in [2.45, 2.75) is 6.54 Å². The maximum Gasteiger partial charge on any atom is 0.146 e. The summed E-state index contributed by atoms with van der Waals surface area (Å²) in [6, 6.07) is 12.0. The van der Waals surface area contributed by atoms with Crippen molar-refractivity contribution in [3.8, 4) is 0 Å². The van der Waals surface area contributed by atoms with E-state index in [9.17, 15) is 4.39 Å². The molecule has 0 unspecified atom stereocenters.